The number of benzene rings is 1. The molecule has 19 heavy (non-hydrogen) atoms. The van der Waals surface area contributed by atoms with Gasteiger partial charge in [-0.2, -0.15) is 0 Å². The Hall–Kier alpha value is -1.75. The van der Waals surface area contributed by atoms with Crippen LogP contribution in [0.2, 0.25) is 0 Å². The lowest BCUT2D eigenvalue weighted by Gasteiger charge is -2.09. The first-order valence-corrected chi connectivity index (χ1v) is 6.44. The SMILES string of the molecule is CCCCCCOCc1cccc(OC(=O)O)c1O. The van der Waals surface area contributed by atoms with E-state index in [4.69, 9.17) is 9.84 Å². The number of ether oxygens (including phenoxy) is 2. The molecular weight excluding hydrogens is 248 g/mol. The normalized spacial score (nSPS) is 10.4. The maximum atomic E-state index is 10.4. The minimum atomic E-state index is -1.45. The second-order valence-electron chi connectivity index (χ2n) is 4.25. The summed E-state index contributed by atoms with van der Waals surface area (Å²) in [4.78, 5) is 10.4. The number of rotatable bonds is 8. The molecule has 1 rings (SSSR count). The number of carbonyl (C=O) groups is 1. The molecule has 0 atom stereocenters. The molecule has 0 aliphatic carbocycles. The van der Waals surface area contributed by atoms with Crippen LogP contribution < -0.4 is 4.74 Å². The highest BCUT2D eigenvalue weighted by Crippen LogP contribution is 2.30. The number of phenols is 1. The van der Waals surface area contributed by atoms with E-state index < -0.39 is 6.16 Å². The van der Waals surface area contributed by atoms with Gasteiger partial charge in [-0.1, -0.05) is 38.3 Å². The average molecular weight is 268 g/mol. The van der Waals surface area contributed by atoms with Crippen molar-refractivity contribution in [2.24, 2.45) is 0 Å². The van der Waals surface area contributed by atoms with Crippen LogP contribution in [0.3, 0.4) is 0 Å². The molecule has 5 heteroatoms. The number of hydrogen-bond acceptors (Lipinski definition) is 4. The van der Waals surface area contributed by atoms with Crippen LogP contribution in [0.25, 0.3) is 0 Å². The summed E-state index contributed by atoms with van der Waals surface area (Å²) in [5.41, 5.74) is 0.522. The minimum absolute atomic E-state index is 0.0698. The van der Waals surface area contributed by atoms with Crippen molar-refractivity contribution in [3.8, 4) is 11.5 Å². The topological polar surface area (TPSA) is 76.0 Å². The fraction of sp³-hybridized carbons (Fsp3) is 0.500. The number of para-hydroxylation sites is 1. The van der Waals surface area contributed by atoms with E-state index in [0.717, 1.165) is 12.8 Å². The summed E-state index contributed by atoms with van der Waals surface area (Å²) in [5.74, 6) is -0.252. The Morgan fingerprint density at radius 2 is 2.05 bits per heavy atom. The van der Waals surface area contributed by atoms with Gasteiger partial charge in [0.25, 0.3) is 0 Å². The Morgan fingerprint density at radius 1 is 1.26 bits per heavy atom. The fourth-order valence-corrected chi connectivity index (χ4v) is 1.67. The molecule has 0 heterocycles. The Labute approximate surface area is 112 Å². The van der Waals surface area contributed by atoms with Gasteiger partial charge in [0.15, 0.2) is 11.5 Å². The second-order valence-corrected chi connectivity index (χ2v) is 4.25. The molecule has 2 N–H and O–H groups in total. The number of aromatic hydroxyl groups is 1. The van der Waals surface area contributed by atoms with Crippen molar-refractivity contribution in [2.75, 3.05) is 6.61 Å². The monoisotopic (exact) mass is 268 g/mol. The fourth-order valence-electron chi connectivity index (χ4n) is 1.67. The molecule has 0 unspecified atom stereocenters. The first-order valence-electron chi connectivity index (χ1n) is 6.44. The lowest BCUT2D eigenvalue weighted by molar-refractivity contribution is 0.114. The lowest BCUT2D eigenvalue weighted by Crippen LogP contribution is -2.04. The number of hydrogen-bond donors (Lipinski definition) is 2. The molecule has 0 aliphatic rings. The van der Waals surface area contributed by atoms with E-state index in [9.17, 15) is 9.90 Å². The van der Waals surface area contributed by atoms with E-state index in [2.05, 4.69) is 11.7 Å². The summed E-state index contributed by atoms with van der Waals surface area (Å²) < 4.78 is 9.90. The van der Waals surface area contributed by atoms with Crippen LogP contribution in [0.4, 0.5) is 4.79 Å². The van der Waals surface area contributed by atoms with Gasteiger partial charge in [0, 0.05) is 12.2 Å². The predicted molar refractivity (Wildman–Crippen MR) is 70.6 cm³/mol. The summed E-state index contributed by atoms with van der Waals surface area (Å²) >= 11 is 0. The van der Waals surface area contributed by atoms with E-state index in [1.807, 2.05) is 0 Å². The zero-order valence-electron chi connectivity index (χ0n) is 11.1. The van der Waals surface area contributed by atoms with Gasteiger partial charge in [-0.05, 0) is 12.5 Å². The molecule has 0 bridgehead atoms. The molecule has 0 spiro atoms. The van der Waals surface area contributed by atoms with Gasteiger partial charge in [0.05, 0.1) is 6.61 Å². The average Bonchev–Trinajstić information content (AvgIpc) is 2.37. The zero-order chi connectivity index (χ0) is 14.1. The van der Waals surface area contributed by atoms with Crippen molar-refractivity contribution >= 4 is 6.16 Å². The van der Waals surface area contributed by atoms with Crippen molar-refractivity contribution in [2.45, 2.75) is 39.2 Å². The summed E-state index contributed by atoms with van der Waals surface area (Å²) in [5, 5.41) is 18.3. The molecule has 0 saturated heterocycles. The van der Waals surface area contributed by atoms with Crippen LogP contribution in [0.15, 0.2) is 18.2 Å². The molecule has 1 aromatic carbocycles. The van der Waals surface area contributed by atoms with Gasteiger partial charge in [0.1, 0.15) is 0 Å². The van der Waals surface area contributed by atoms with Crippen LogP contribution >= 0.6 is 0 Å². The van der Waals surface area contributed by atoms with Gasteiger partial charge >= 0.3 is 6.16 Å². The van der Waals surface area contributed by atoms with E-state index in [-0.39, 0.29) is 18.1 Å². The lowest BCUT2D eigenvalue weighted by atomic mass is 10.2. The molecule has 0 aromatic heterocycles. The van der Waals surface area contributed by atoms with E-state index >= 15 is 0 Å². The Balaban J connectivity index is 2.43. The number of unbranched alkanes of at least 4 members (excludes halogenated alkanes) is 3. The maximum absolute atomic E-state index is 10.4. The summed E-state index contributed by atoms with van der Waals surface area (Å²) in [6, 6.07) is 4.69. The standard InChI is InChI=1S/C14H20O5/c1-2-3-4-5-9-18-10-11-7-6-8-12(13(11)15)19-14(16)17/h6-8,15H,2-5,9-10H2,1H3,(H,16,17). The van der Waals surface area contributed by atoms with Crippen molar-refractivity contribution < 1.29 is 24.5 Å². The zero-order valence-corrected chi connectivity index (χ0v) is 11.1. The summed E-state index contributed by atoms with van der Waals surface area (Å²) in [6.07, 6.45) is 3.03. The highest BCUT2D eigenvalue weighted by Gasteiger charge is 2.11. The van der Waals surface area contributed by atoms with E-state index in [1.54, 1.807) is 12.1 Å². The highest BCUT2D eigenvalue weighted by atomic mass is 16.7. The Bertz CT molecular complexity index is 403. The smallest absolute Gasteiger partial charge is 0.504 e. The Morgan fingerprint density at radius 3 is 2.74 bits per heavy atom. The van der Waals surface area contributed by atoms with Crippen LogP contribution in [-0.4, -0.2) is 23.0 Å². The van der Waals surface area contributed by atoms with Crippen LogP contribution in [0, 0.1) is 0 Å². The molecular formula is C14H20O5. The van der Waals surface area contributed by atoms with E-state index in [0.29, 0.717) is 12.2 Å². The van der Waals surface area contributed by atoms with Gasteiger partial charge < -0.3 is 19.7 Å². The van der Waals surface area contributed by atoms with E-state index in [1.165, 1.54) is 18.9 Å². The van der Waals surface area contributed by atoms with Gasteiger partial charge in [-0.3, -0.25) is 0 Å². The number of phenolic OH excluding ortho intramolecular Hbond substituents is 1. The molecule has 0 radical (unpaired) electrons. The summed E-state index contributed by atoms with van der Waals surface area (Å²) in [6.45, 7) is 3.02. The van der Waals surface area contributed by atoms with Crippen molar-refractivity contribution in [3.05, 3.63) is 23.8 Å². The molecule has 5 nitrogen and oxygen atoms in total. The van der Waals surface area contributed by atoms with Crippen LogP contribution in [0.1, 0.15) is 38.2 Å². The first-order chi connectivity index (χ1) is 9.15. The third kappa shape index (κ3) is 5.61. The van der Waals surface area contributed by atoms with Crippen LogP contribution in [0.5, 0.6) is 11.5 Å². The highest BCUT2D eigenvalue weighted by molar-refractivity contribution is 5.63. The second kappa shape index (κ2) is 8.37. The van der Waals surface area contributed by atoms with Crippen LogP contribution in [-0.2, 0) is 11.3 Å². The van der Waals surface area contributed by atoms with Crippen molar-refractivity contribution in [3.63, 3.8) is 0 Å². The third-order valence-electron chi connectivity index (χ3n) is 2.68. The van der Waals surface area contributed by atoms with Crippen molar-refractivity contribution in [1.82, 2.24) is 0 Å². The molecule has 0 aliphatic heterocycles. The van der Waals surface area contributed by atoms with Gasteiger partial charge in [0.2, 0.25) is 0 Å². The molecule has 0 saturated carbocycles. The maximum Gasteiger partial charge on any atom is 0.511 e. The minimum Gasteiger partial charge on any atom is -0.504 e. The summed E-state index contributed by atoms with van der Waals surface area (Å²) in [7, 11) is 0. The quantitative estimate of drug-likeness (QED) is 0.428. The first kappa shape index (κ1) is 15.3. The predicted octanol–water partition coefficient (Wildman–Crippen LogP) is 3.55. The largest absolute Gasteiger partial charge is 0.511 e. The number of carboxylic acid groups (broad SMARTS) is 1. The van der Waals surface area contributed by atoms with Gasteiger partial charge in [-0.15, -0.1) is 0 Å². The molecule has 0 fully saturated rings. The molecule has 106 valence electrons. The third-order valence-corrected chi connectivity index (χ3v) is 2.68. The molecule has 0 amide bonds. The van der Waals surface area contributed by atoms with Crippen molar-refractivity contribution in [1.29, 1.82) is 0 Å². The van der Waals surface area contributed by atoms with Gasteiger partial charge in [-0.25, -0.2) is 4.79 Å². The Kier molecular flexibility index (Phi) is 6.74. The molecule has 1 aromatic rings.